The molecule has 0 radical (unpaired) electrons. The van der Waals surface area contributed by atoms with Gasteiger partial charge in [0.15, 0.2) is 0 Å². The van der Waals surface area contributed by atoms with Gasteiger partial charge in [-0.15, -0.1) is 0 Å². The Morgan fingerprint density at radius 2 is 1.76 bits per heavy atom. The Bertz CT molecular complexity index is 1510. The molecule has 1 fully saturated rings. The van der Waals surface area contributed by atoms with E-state index < -0.39 is 39.3 Å². The molecular formula is C27H24ClF3N2O4S. The number of carbonyl (C=O) groups is 2. The first-order valence-corrected chi connectivity index (χ1v) is 14.0. The van der Waals surface area contributed by atoms with Gasteiger partial charge in [-0.2, -0.15) is 0 Å². The highest BCUT2D eigenvalue weighted by atomic mass is 35.5. The number of Topliss-reactive ketones (excluding diaryl/α,β-unsaturated/α-hetero) is 1. The molecule has 4 rings (SSSR count). The number of hydrogen-bond donors (Lipinski definition) is 1. The monoisotopic (exact) mass is 564 g/mol. The number of piperidine rings is 1. The SMILES string of the molecule is CS(=O)(=O)Nc1ccccc1-c1cc(F)c(N2CCC[C@@H](CC(=O)Cc3ccc(Cl)cc3F)C2=O)cc1F. The van der Waals surface area contributed by atoms with Crippen LogP contribution in [-0.4, -0.2) is 32.9 Å². The zero-order valence-electron chi connectivity index (χ0n) is 20.3. The van der Waals surface area contributed by atoms with Gasteiger partial charge in [0.05, 0.1) is 17.6 Å². The highest BCUT2D eigenvalue weighted by Crippen LogP contribution is 2.36. The predicted octanol–water partition coefficient (Wildman–Crippen LogP) is 5.74. The Labute approximate surface area is 223 Å². The first-order valence-electron chi connectivity index (χ1n) is 11.8. The van der Waals surface area contributed by atoms with Crippen LogP contribution in [0, 0.1) is 23.4 Å². The van der Waals surface area contributed by atoms with Crippen molar-refractivity contribution < 1.29 is 31.2 Å². The molecule has 0 bridgehead atoms. The summed E-state index contributed by atoms with van der Waals surface area (Å²) < 4.78 is 70.3. The largest absolute Gasteiger partial charge is 0.309 e. The standard InChI is InChI=1S/C27H24ClF3N2O4S/c1-38(36,37)32-25-7-3-2-6-20(25)21-14-24(31)26(15-23(21)30)33-10-4-5-17(27(33)35)12-19(34)11-16-8-9-18(28)13-22(16)29/h2-3,6-9,13-15,17,32H,4-5,10-12H2,1H3/t17-/m0/s1. The number of rotatable bonds is 8. The number of anilines is 2. The maximum atomic E-state index is 15.3. The van der Waals surface area contributed by atoms with E-state index in [0.717, 1.165) is 29.4 Å². The number of hydrogen-bond acceptors (Lipinski definition) is 4. The van der Waals surface area contributed by atoms with Gasteiger partial charge in [-0.3, -0.25) is 14.3 Å². The van der Waals surface area contributed by atoms with E-state index in [4.69, 9.17) is 11.6 Å². The van der Waals surface area contributed by atoms with Crippen molar-refractivity contribution in [2.75, 3.05) is 22.4 Å². The summed E-state index contributed by atoms with van der Waals surface area (Å²) in [6, 6.07) is 11.8. The Balaban J connectivity index is 1.55. The molecular weight excluding hydrogens is 541 g/mol. The number of nitrogens with zero attached hydrogens (tertiary/aromatic N) is 1. The van der Waals surface area contributed by atoms with E-state index in [0.29, 0.717) is 12.8 Å². The highest BCUT2D eigenvalue weighted by molar-refractivity contribution is 7.92. The van der Waals surface area contributed by atoms with Gasteiger partial charge in [0.25, 0.3) is 0 Å². The lowest BCUT2D eigenvalue weighted by Crippen LogP contribution is -2.42. The summed E-state index contributed by atoms with van der Waals surface area (Å²) >= 11 is 5.74. The third-order valence-electron chi connectivity index (χ3n) is 6.27. The Kier molecular flexibility index (Phi) is 8.13. The lowest BCUT2D eigenvalue weighted by atomic mass is 9.89. The molecule has 0 spiro atoms. The molecule has 1 saturated heterocycles. The highest BCUT2D eigenvalue weighted by Gasteiger charge is 2.33. The summed E-state index contributed by atoms with van der Waals surface area (Å²) in [7, 11) is -3.68. The van der Waals surface area contributed by atoms with Crippen LogP contribution in [-0.2, 0) is 26.0 Å². The second-order valence-electron chi connectivity index (χ2n) is 9.19. The Morgan fingerprint density at radius 3 is 2.47 bits per heavy atom. The first-order chi connectivity index (χ1) is 17.9. The normalized spacial score (nSPS) is 16.0. The van der Waals surface area contributed by atoms with Crippen LogP contribution in [0.1, 0.15) is 24.8 Å². The van der Waals surface area contributed by atoms with Crippen LogP contribution in [0.4, 0.5) is 24.5 Å². The molecule has 3 aromatic rings. The van der Waals surface area contributed by atoms with Crippen molar-refractivity contribution in [2.45, 2.75) is 25.7 Å². The molecule has 200 valence electrons. The molecule has 1 atom stereocenters. The fourth-order valence-electron chi connectivity index (χ4n) is 4.56. The lowest BCUT2D eigenvalue weighted by Gasteiger charge is -2.32. The fraction of sp³-hybridized carbons (Fsp3) is 0.259. The average Bonchev–Trinajstić information content (AvgIpc) is 2.83. The van der Waals surface area contributed by atoms with E-state index in [1.165, 1.54) is 24.3 Å². The number of para-hydroxylation sites is 1. The number of halogens is 4. The molecule has 11 heteroatoms. The van der Waals surface area contributed by atoms with Crippen molar-refractivity contribution in [3.8, 4) is 11.1 Å². The van der Waals surface area contributed by atoms with E-state index in [-0.39, 0.29) is 58.3 Å². The number of nitrogens with one attached hydrogen (secondary N) is 1. The molecule has 0 aliphatic carbocycles. The van der Waals surface area contributed by atoms with Crippen molar-refractivity contribution in [3.63, 3.8) is 0 Å². The van der Waals surface area contributed by atoms with Gasteiger partial charge in [0, 0.05) is 47.5 Å². The number of benzene rings is 3. The number of carbonyl (C=O) groups excluding carboxylic acids is 2. The van der Waals surface area contributed by atoms with Gasteiger partial charge in [0.1, 0.15) is 23.2 Å². The second-order valence-corrected chi connectivity index (χ2v) is 11.4. The van der Waals surface area contributed by atoms with Gasteiger partial charge in [-0.05, 0) is 42.7 Å². The van der Waals surface area contributed by atoms with Crippen LogP contribution in [0.25, 0.3) is 11.1 Å². The van der Waals surface area contributed by atoms with Gasteiger partial charge < -0.3 is 4.90 Å². The molecule has 1 N–H and O–H groups in total. The zero-order valence-corrected chi connectivity index (χ0v) is 21.9. The van der Waals surface area contributed by atoms with Crippen molar-refractivity contribution in [1.82, 2.24) is 0 Å². The van der Waals surface area contributed by atoms with Crippen LogP contribution in [0.5, 0.6) is 0 Å². The molecule has 3 aromatic carbocycles. The molecule has 0 aromatic heterocycles. The maximum absolute atomic E-state index is 15.3. The van der Waals surface area contributed by atoms with E-state index in [2.05, 4.69) is 4.72 Å². The fourth-order valence-corrected chi connectivity index (χ4v) is 5.30. The molecule has 6 nitrogen and oxygen atoms in total. The minimum absolute atomic E-state index is 0.0748. The van der Waals surface area contributed by atoms with Gasteiger partial charge in [-0.1, -0.05) is 35.9 Å². The summed E-state index contributed by atoms with van der Waals surface area (Å²) in [4.78, 5) is 26.9. The summed E-state index contributed by atoms with van der Waals surface area (Å²) in [5.41, 5.74) is -0.0895. The summed E-state index contributed by atoms with van der Waals surface area (Å²) in [5, 5.41) is 0.201. The maximum Gasteiger partial charge on any atom is 0.230 e. The van der Waals surface area contributed by atoms with Crippen LogP contribution < -0.4 is 9.62 Å². The molecule has 0 unspecified atom stereocenters. The second kappa shape index (κ2) is 11.2. The Morgan fingerprint density at radius 1 is 1.03 bits per heavy atom. The third kappa shape index (κ3) is 6.36. The van der Waals surface area contributed by atoms with Crippen LogP contribution in [0.3, 0.4) is 0 Å². The van der Waals surface area contributed by atoms with Crippen LogP contribution in [0.15, 0.2) is 54.6 Å². The summed E-state index contributed by atoms with van der Waals surface area (Å²) in [6.07, 6.45) is 1.41. The van der Waals surface area contributed by atoms with Crippen molar-refractivity contribution in [1.29, 1.82) is 0 Å². The number of ketones is 1. The third-order valence-corrected chi connectivity index (χ3v) is 7.09. The molecule has 1 heterocycles. The van der Waals surface area contributed by atoms with Gasteiger partial charge in [-0.25, -0.2) is 21.6 Å². The molecule has 1 amide bonds. The Hall–Kier alpha value is -3.37. The molecule has 38 heavy (non-hydrogen) atoms. The van der Waals surface area contributed by atoms with Crippen LogP contribution in [0.2, 0.25) is 5.02 Å². The van der Waals surface area contributed by atoms with E-state index in [1.54, 1.807) is 12.1 Å². The van der Waals surface area contributed by atoms with Crippen molar-refractivity contribution in [2.24, 2.45) is 5.92 Å². The van der Waals surface area contributed by atoms with Crippen molar-refractivity contribution >= 4 is 44.7 Å². The smallest absolute Gasteiger partial charge is 0.230 e. The molecule has 0 saturated carbocycles. The van der Waals surface area contributed by atoms with E-state index >= 15 is 8.78 Å². The van der Waals surface area contributed by atoms with Crippen LogP contribution >= 0.6 is 11.6 Å². The molecule has 1 aliphatic rings. The quantitative estimate of drug-likeness (QED) is 0.378. The number of amides is 1. The first kappa shape index (κ1) is 27.7. The predicted molar refractivity (Wildman–Crippen MR) is 140 cm³/mol. The topological polar surface area (TPSA) is 83.6 Å². The van der Waals surface area contributed by atoms with Gasteiger partial charge >= 0.3 is 0 Å². The van der Waals surface area contributed by atoms with Gasteiger partial charge in [0.2, 0.25) is 15.9 Å². The summed E-state index contributed by atoms with van der Waals surface area (Å²) in [6.45, 7) is 0.136. The minimum Gasteiger partial charge on any atom is -0.309 e. The lowest BCUT2D eigenvalue weighted by molar-refractivity contribution is -0.128. The molecule has 1 aliphatic heterocycles. The minimum atomic E-state index is -3.68. The van der Waals surface area contributed by atoms with E-state index in [9.17, 15) is 22.4 Å². The van der Waals surface area contributed by atoms with E-state index in [1.807, 2.05) is 0 Å². The number of sulfonamides is 1. The average molecular weight is 565 g/mol. The summed E-state index contributed by atoms with van der Waals surface area (Å²) in [5.74, 6) is -3.98. The van der Waals surface area contributed by atoms with Crippen molar-refractivity contribution in [3.05, 3.63) is 82.6 Å². The zero-order chi connectivity index (χ0) is 27.6.